The normalized spacial score (nSPS) is 19.9. The van der Waals surface area contributed by atoms with Crippen LogP contribution in [-0.4, -0.2) is 25.2 Å². The first-order valence-corrected chi connectivity index (χ1v) is 5.09. The first-order chi connectivity index (χ1) is 7.34. The Morgan fingerprint density at radius 1 is 1.40 bits per heavy atom. The summed E-state index contributed by atoms with van der Waals surface area (Å²) in [5.74, 6) is 0.570. The summed E-state index contributed by atoms with van der Waals surface area (Å²) >= 11 is 0. The van der Waals surface area contributed by atoms with Crippen LogP contribution in [0.4, 0.5) is 4.79 Å². The van der Waals surface area contributed by atoms with Crippen molar-refractivity contribution in [2.24, 2.45) is 0 Å². The van der Waals surface area contributed by atoms with Crippen molar-refractivity contribution in [3.05, 3.63) is 30.3 Å². The van der Waals surface area contributed by atoms with Gasteiger partial charge in [-0.2, -0.15) is 0 Å². The molecule has 80 valence electrons. The molecule has 1 aliphatic rings. The van der Waals surface area contributed by atoms with Gasteiger partial charge >= 0.3 is 6.09 Å². The molecule has 0 saturated carbocycles. The van der Waals surface area contributed by atoms with Crippen molar-refractivity contribution in [1.82, 2.24) is 10.6 Å². The highest BCUT2D eigenvalue weighted by atomic mass is 16.6. The Bertz CT molecular complexity index is 321. The molecule has 2 N–H and O–H groups in total. The van der Waals surface area contributed by atoms with E-state index in [1.54, 1.807) is 12.1 Å². The minimum absolute atomic E-state index is 0.196. The number of nitrogens with one attached hydrogen (secondary N) is 2. The quantitative estimate of drug-likeness (QED) is 0.762. The molecule has 0 bridgehead atoms. The van der Waals surface area contributed by atoms with E-state index in [-0.39, 0.29) is 12.1 Å². The first kappa shape index (κ1) is 9.98. The summed E-state index contributed by atoms with van der Waals surface area (Å²) in [4.78, 5) is 11.4. The van der Waals surface area contributed by atoms with Crippen molar-refractivity contribution in [1.29, 1.82) is 0 Å². The van der Waals surface area contributed by atoms with Crippen molar-refractivity contribution in [3.8, 4) is 5.75 Å². The maximum absolute atomic E-state index is 11.4. The fraction of sp³-hybridized carbons (Fsp3) is 0.364. The molecule has 4 nitrogen and oxygen atoms in total. The number of carbonyl (C=O) groups excluding carboxylic acids is 1. The number of amides is 1. The van der Waals surface area contributed by atoms with E-state index in [1.807, 2.05) is 18.2 Å². The Balaban J connectivity index is 1.82. The Kier molecular flexibility index (Phi) is 3.19. The summed E-state index contributed by atoms with van der Waals surface area (Å²) < 4.78 is 5.10. The van der Waals surface area contributed by atoms with Gasteiger partial charge in [-0.25, -0.2) is 4.79 Å². The lowest BCUT2D eigenvalue weighted by molar-refractivity contribution is 0.197. The molecule has 1 atom stereocenters. The minimum Gasteiger partial charge on any atom is -0.410 e. The maximum Gasteiger partial charge on any atom is 0.412 e. The second kappa shape index (κ2) is 4.79. The van der Waals surface area contributed by atoms with Crippen LogP contribution in [0.1, 0.15) is 6.42 Å². The smallest absolute Gasteiger partial charge is 0.410 e. The highest BCUT2D eigenvalue weighted by Gasteiger charge is 2.17. The van der Waals surface area contributed by atoms with E-state index in [1.165, 1.54) is 0 Å². The van der Waals surface area contributed by atoms with E-state index in [2.05, 4.69) is 10.6 Å². The highest BCUT2D eigenvalue weighted by Crippen LogP contribution is 2.08. The van der Waals surface area contributed by atoms with Crippen LogP contribution in [0, 0.1) is 0 Å². The largest absolute Gasteiger partial charge is 0.412 e. The van der Waals surface area contributed by atoms with Gasteiger partial charge in [-0.15, -0.1) is 0 Å². The second-order valence-corrected chi connectivity index (χ2v) is 3.54. The molecule has 1 heterocycles. The average molecular weight is 206 g/mol. The molecule has 1 aliphatic heterocycles. The highest BCUT2D eigenvalue weighted by molar-refractivity contribution is 5.70. The van der Waals surface area contributed by atoms with Gasteiger partial charge in [0.15, 0.2) is 0 Å². The number of para-hydroxylation sites is 1. The Morgan fingerprint density at radius 2 is 2.20 bits per heavy atom. The summed E-state index contributed by atoms with van der Waals surface area (Å²) in [5.41, 5.74) is 0. The average Bonchev–Trinajstić information content (AvgIpc) is 2.71. The molecule has 0 spiro atoms. The molecule has 1 aromatic carbocycles. The van der Waals surface area contributed by atoms with Crippen LogP contribution in [0.5, 0.6) is 5.75 Å². The zero-order valence-corrected chi connectivity index (χ0v) is 8.40. The second-order valence-electron chi connectivity index (χ2n) is 3.54. The van der Waals surface area contributed by atoms with Crippen molar-refractivity contribution < 1.29 is 9.53 Å². The fourth-order valence-electron chi connectivity index (χ4n) is 1.57. The molecule has 2 rings (SSSR count). The Labute approximate surface area is 88.6 Å². The van der Waals surface area contributed by atoms with Crippen LogP contribution >= 0.6 is 0 Å². The Morgan fingerprint density at radius 3 is 2.87 bits per heavy atom. The van der Waals surface area contributed by atoms with Crippen LogP contribution in [0.3, 0.4) is 0 Å². The summed E-state index contributed by atoms with van der Waals surface area (Å²) in [6, 6.07) is 9.26. The minimum atomic E-state index is -0.380. The van der Waals surface area contributed by atoms with Crippen LogP contribution in [0.15, 0.2) is 30.3 Å². The molecule has 1 amide bonds. The van der Waals surface area contributed by atoms with Crippen molar-refractivity contribution in [2.45, 2.75) is 12.5 Å². The number of rotatable bonds is 2. The van der Waals surface area contributed by atoms with E-state index in [0.717, 1.165) is 19.5 Å². The van der Waals surface area contributed by atoms with Gasteiger partial charge in [0.2, 0.25) is 0 Å². The van der Waals surface area contributed by atoms with Gasteiger partial charge in [0.05, 0.1) is 0 Å². The number of hydrogen-bond donors (Lipinski definition) is 2. The molecule has 0 aromatic heterocycles. The molecular formula is C11H14N2O2. The molecule has 4 heteroatoms. The summed E-state index contributed by atoms with van der Waals surface area (Å²) in [5, 5.41) is 5.97. The monoisotopic (exact) mass is 206 g/mol. The van der Waals surface area contributed by atoms with Gasteiger partial charge < -0.3 is 15.4 Å². The first-order valence-electron chi connectivity index (χ1n) is 5.09. The molecule has 0 aliphatic carbocycles. The fourth-order valence-corrected chi connectivity index (χ4v) is 1.57. The van der Waals surface area contributed by atoms with Crippen molar-refractivity contribution in [2.75, 3.05) is 13.1 Å². The van der Waals surface area contributed by atoms with E-state index in [9.17, 15) is 4.79 Å². The molecule has 1 aromatic rings. The molecule has 15 heavy (non-hydrogen) atoms. The SMILES string of the molecule is O=C(N[C@H]1CCNC1)Oc1ccccc1. The zero-order chi connectivity index (χ0) is 10.5. The summed E-state index contributed by atoms with van der Waals surface area (Å²) in [6.07, 6.45) is 0.582. The van der Waals surface area contributed by atoms with E-state index in [0.29, 0.717) is 5.75 Å². The molecule has 1 fully saturated rings. The topological polar surface area (TPSA) is 50.4 Å². The van der Waals surface area contributed by atoms with Crippen LogP contribution in [0.25, 0.3) is 0 Å². The van der Waals surface area contributed by atoms with Crippen LogP contribution in [0.2, 0.25) is 0 Å². The van der Waals surface area contributed by atoms with Gasteiger partial charge in [0.25, 0.3) is 0 Å². The number of benzene rings is 1. The van der Waals surface area contributed by atoms with Gasteiger partial charge in [0, 0.05) is 12.6 Å². The van der Waals surface area contributed by atoms with Gasteiger partial charge in [-0.05, 0) is 25.1 Å². The number of ether oxygens (including phenoxy) is 1. The predicted molar refractivity (Wildman–Crippen MR) is 56.9 cm³/mol. The molecular weight excluding hydrogens is 192 g/mol. The van der Waals surface area contributed by atoms with Gasteiger partial charge in [0.1, 0.15) is 5.75 Å². The molecule has 0 unspecified atom stereocenters. The lowest BCUT2D eigenvalue weighted by atomic mass is 10.3. The lowest BCUT2D eigenvalue weighted by Crippen LogP contribution is -2.38. The van der Waals surface area contributed by atoms with Gasteiger partial charge in [-0.3, -0.25) is 0 Å². The zero-order valence-electron chi connectivity index (χ0n) is 8.40. The third kappa shape index (κ3) is 2.95. The number of hydrogen-bond acceptors (Lipinski definition) is 3. The Hall–Kier alpha value is -1.55. The van der Waals surface area contributed by atoms with Crippen LogP contribution < -0.4 is 15.4 Å². The van der Waals surface area contributed by atoms with Gasteiger partial charge in [-0.1, -0.05) is 18.2 Å². The van der Waals surface area contributed by atoms with E-state index in [4.69, 9.17) is 4.74 Å². The standard InChI is InChI=1S/C11H14N2O2/c14-11(13-9-6-7-12-8-9)15-10-4-2-1-3-5-10/h1-5,9,12H,6-8H2,(H,13,14)/t9-/m0/s1. The third-order valence-corrected chi connectivity index (χ3v) is 2.34. The number of carbonyl (C=O) groups is 1. The molecule has 1 saturated heterocycles. The summed E-state index contributed by atoms with van der Waals surface area (Å²) in [7, 11) is 0. The predicted octanol–water partition coefficient (Wildman–Crippen LogP) is 1.14. The van der Waals surface area contributed by atoms with E-state index >= 15 is 0 Å². The summed E-state index contributed by atoms with van der Waals surface area (Å²) in [6.45, 7) is 1.78. The molecule has 0 radical (unpaired) electrons. The van der Waals surface area contributed by atoms with Crippen molar-refractivity contribution in [3.63, 3.8) is 0 Å². The third-order valence-electron chi connectivity index (χ3n) is 2.34. The maximum atomic E-state index is 11.4. The van der Waals surface area contributed by atoms with E-state index < -0.39 is 0 Å². The lowest BCUT2D eigenvalue weighted by Gasteiger charge is -2.11. The van der Waals surface area contributed by atoms with Crippen LogP contribution in [-0.2, 0) is 0 Å². The van der Waals surface area contributed by atoms with Crippen molar-refractivity contribution >= 4 is 6.09 Å².